The van der Waals surface area contributed by atoms with Gasteiger partial charge in [0.2, 0.25) is 0 Å². The summed E-state index contributed by atoms with van der Waals surface area (Å²) in [5, 5.41) is 12.4. The topological polar surface area (TPSA) is 62.1 Å². The highest BCUT2D eigenvalue weighted by Gasteiger charge is 2.13. The van der Waals surface area contributed by atoms with Crippen LogP contribution in [0.1, 0.15) is 33.4 Å². The summed E-state index contributed by atoms with van der Waals surface area (Å²) in [6, 6.07) is 21.5. The number of hydrogen-bond donors (Lipinski definition) is 1. The second-order valence-electron chi connectivity index (χ2n) is 7.76. The first-order valence-corrected chi connectivity index (χ1v) is 10.1. The van der Waals surface area contributed by atoms with Crippen molar-refractivity contribution in [3.05, 3.63) is 99.6 Å². The van der Waals surface area contributed by atoms with Crippen LogP contribution >= 0.6 is 0 Å². The summed E-state index contributed by atoms with van der Waals surface area (Å²) in [4.78, 5) is 12.7. The Kier molecular flexibility index (Phi) is 6.89. The molecule has 31 heavy (non-hydrogen) atoms. The summed E-state index contributed by atoms with van der Waals surface area (Å²) >= 11 is 0. The maximum atomic E-state index is 12.7. The molecule has 3 rings (SSSR count). The zero-order chi connectivity index (χ0) is 22.4. The summed E-state index contributed by atoms with van der Waals surface area (Å²) < 4.78 is 6.03. The lowest BCUT2D eigenvalue weighted by atomic mass is 10.1. The van der Waals surface area contributed by atoms with E-state index in [2.05, 4.69) is 37.4 Å². The number of rotatable bonds is 6. The summed E-state index contributed by atoms with van der Waals surface area (Å²) in [6.07, 6.45) is 1.57. The predicted octanol–water partition coefficient (Wildman–Crippen LogP) is 6.04. The van der Waals surface area contributed by atoms with E-state index in [1.807, 2.05) is 62.4 Å². The Morgan fingerprint density at radius 1 is 0.968 bits per heavy atom. The predicted molar refractivity (Wildman–Crippen MR) is 125 cm³/mol. The lowest BCUT2D eigenvalue weighted by Gasteiger charge is -2.12. The van der Waals surface area contributed by atoms with Crippen LogP contribution in [0.15, 0.2) is 66.2 Å². The molecule has 0 saturated carbocycles. The molecular formula is C27H26N2O2. The number of benzene rings is 3. The highest BCUT2D eigenvalue weighted by Crippen LogP contribution is 2.24. The van der Waals surface area contributed by atoms with Crippen LogP contribution in [0.4, 0.5) is 5.69 Å². The number of hydrogen-bond acceptors (Lipinski definition) is 3. The maximum absolute atomic E-state index is 12.7. The molecule has 0 aliphatic rings. The number of carbonyl (C=O) groups excluding carboxylic acids is 1. The number of nitrogens with one attached hydrogen (secondary N) is 1. The van der Waals surface area contributed by atoms with Gasteiger partial charge in [-0.2, -0.15) is 5.26 Å². The first-order chi connectivity index (χ1) is 14.9. The molecule has 0 bridgehead atoms. The zero-order valence-electron chi connectivity index (χ0n) is 18.3. The van der Waals surface area contributed by atoms with Crippen LogP contribution in [0.5, 0.6) is 5.75 Å². The van der Waals surface area contributed by atoms with Gasteiger partial charge in [-0.1, -0.05) is 59.7 Å². The number of aryl methyl sites for hydroxylation is 4. The van der Waals surface area contributed by atoms with Crippen molar-refractivity contribution >= 4 is 17.7 Å². The van der Waals surface area contributed by atoms with Crippen molar-refractivity contribution in [2.75, 3.05) is 5.32 Å². The Bertz CT molecular complexity index is 1170. The number of amides is 1. The van der Waals surface area contributed by atoms with E-state index in [1.165, 1.54) is 11.1 Å². The molecule has 1 N–H and O–H groups in total. The third-order valence-electron chi connectivity index (χ3n) is 4.90. The number of para-hydroxylation sites is 1. The second kappa shape index (κ2) is 9.77. The number of ether oxygens (including phenoxy) is 1. The minimum Gasteiger partial charge on any atom is -0.488 e. The molecule has 0 spiro atoms. The minimum atomic E-state index is -0.444. The molecule has 0 heterocycles. The van der Waals surface area contributed by atoms with Gasteiger partial charge in [0.1, 0.15) is 24.0 Å². The summed E-state index contributed by atoms with van der Waals surface area (Å²) in [7, 11) is 0. The molecule has 4 nitrogen and oxygen atoms in total. The van der Waals surface area contributed by atoms with E-state index in [-0.39, 0.29) is 5.57 Å². The van der Waals surface area contributed by atoms with E-state index in [1.54, 1.807) is 6.08 Å². The highest BCUT2D eigenvalue weighted by molar-refractivity contribution is 6.10. The van der Waals surface area contributed by atoms with Gasteiger partial charge in [0.05, 0.1) is 0 Å². The van der Waals surface area contributed by atoms with Crippen LogP contribution < -0.4 is 10.1 Å². The van der Waals surface area contributed by atoms with Crippen molar-refractivity contribution in [3.8, 4) is 11.8 Å². The Hall–Kier alpha value is -3.84. The van der Waals surface area contributed by atoms with E-state index in [4.69, 9.17) is 4.74 Å². The van der Waals surface area contributed by atoms with Crippen molar-refractivity contribution in [1.29, 1.82) is 5.26 Å². The van der Waals surface area contributed by atoms with Crippen LogP contribution in [0.25, 0.3) is 6.08 Å². The van der Waals surface area contributed by atoms with Crippen LogP contribution in [0.3, 0.4) is 0 Å². The third kappa shape index (κ3) is 5.83. The molecule has 0 saturated heterocycles. The van der Waals surface area contributed by atoms with E-state index in [0.717, 1.165) is 16.7 Å². The van der Waals surface area contributed by atoms with Gasteiger partial charge in [0.25, 0.3) is 5.91 Å². The monoisotopic (exact) mass is 410 g/mol. The van der Waals surface area contributed by atoms with Crippen molar-refractivity contribution in [3.63, 3.8) is 0 Å². The largest absolute Gasteiger partial charge is 0.488 e. The van der Waals surface area contributed by atoms with Gasteiger partial charge in [0, 0.05) is 11.3 Å². The first-order valence-electron chi connectivity index (χ1n) is 10.1. The average molecular weight is 411 g/mol. The molecule has 156 valence electrons. The normalized spacial score (nSPS) is 11.0. The van der Waals surface area contributed by atoms with Crippen molar-refractivity contribution < 1.29 is 9.53 Å². The Morgan fingerprint density at radius 2 is 1.68 bits per heavy atom. The smallest absolute Gasteiger partial charge is 0.266 e. The molecular weight excluding hydrogens is 384 g/mol. The van der Waals surface area contributed by atoms with Crippen molar-refractivity contribution in [2.45, 2.75) is 34.3 Å². The summed E-state index contributed by atoms with van der Waals surface area (Å²) in [5.74, 6) is 0.175. The molecule has 0 radical (unpaired) electrons. The number of nitriles is 1. The molecule has 0 unspecified atom stereocenters. The van der Waals surface area contributed by atoms with Crippen LogP contribution in [0.2, 0.25) is 0 Å². The molecule has 0 fully saturated rings. The number of carbonyl (C=O) groups is 1. The van der Waals surface area contributed by atoms with E-state index < -0.39 is 5.91 Å². The third-order valence-corrected chi connectivity index (χ3v) is 4.90. The first kappa shape index (κ1) is 21.9. The molecule has 0 aliphatic carbocycles. The van der Waals surface area contributed by atoms with Gasteiger partial charge in [-0.05, 0) is 62.6 Å². The lowest BCUT2D eigenvalue weighted by molar-refractivity contribution is -0.112. The molecule has 3 aromatic carbocycles. The fourth-order valence-corrected chi connectivity index (χ4v) is 3.41. The van der Waals surface area contributed by atoms with Gasteiger partial charge >= 0.3 is 0 Å². The maximum Gasteiger partial charge on any atom is 0.266 e. The fourth-order valence-electron chi connectivity index (χ4n) is 3.41. The van der Waals surface area contributed by atoms with E-state index in [0.29, 0.717) is 23.6 Å². The molecule has 0 atom stereocenters. The molecule has 0 aliphatic heterocycles. The average Bonchev–Trinajstić information content (AvgIpc) is 2.73. The highest BCUT2D eigenvalue weighted by atomic mass is 16.5. The zero-order valence-corrected chi connectivity index (χ0v) is 18.3. The lowest BCUT2D eigenvalue weighted by Crippen LogP contribution is -2.14. The Labute approximate surface area is 183 Å². The summed E-state index contributed by atoms with van der Waals surface area (Å²) in [5.41, 5.74) is 6.81. The molecule has 1 amide bonds. The summed E-state index contributed by atoms with van der Waals surface area (Å²) in [6.45, 7) is 8.40. The Balaban J connectivity index is 1.81. The standard InChI is InChI=1S/C27H26N2O2/c1-18-9-10-21(4)25(14-18)29-27(30)24(16-28)15-23-7-5-6-8-26(23)31-17-22-12-19(2)11-20(3)13-22/h5-15H,17H2,1-4H3,(H,29,30)/b24-15+. The quantitative estimate of drug-likeness (QED) is 0.398. The number of nitrogens with zero attached hydrogens (tertiary/aromatic N) is 1. The van der Waals surface area contributed by atoms with Crippen LogP contribution in [-0.2, 0) is 11.4 Å². The van der Waals surface area contributed by atoms with E-state index in [9.17, 15) is 10.1 Å². The van der Waals surface area contributed by atoms with Crippen molar-refractivity contribution in [1.82, 2.24) is 0 Å². The van der Waals surface area contributed by atoms with Gasteiger partial charge in [-0.15, -0.1) is 0 Å². The Morgan fingerprint density at radius 3 is 2.39 bits per heavy atom. The van der Waals surface area contributed by atoms with Gasteiger partial charge in [0.15, 0.2) is 0 Å². The fraction of sp³-hybridized carbons (Fsp3) is 0.185. The SMILES string of the molecule is Cc1cc(C)cc(COc2ccccc2/C=C(\C#N)C(=O)Nc2cc(C)ccc2C)c1. The van der Waals surface area contributed by atoms with Crippen LogP contribution in [-0.4, -0.2) is 5.91 Å². The van der Waals surface area contributed by atoms with Crippen LogP contribution in [0, 0.1) is 39.0 Å². The second-order valence-corrected chi connectivity index (χ2v) is 7.76. The van der Waals surface area contributed by atoms with Gasteiger partial charge in [-0.3, -0.25) is 4.79 Å². The van der Waals surface area contributed by atoms with Gasteiger partial charge < -0.3 is 10.1 Å². The number of anilines is 1. The minimum absolute atomic E-state index is 0.0170. The molecule has 0 aromatic heterocycles. The van der Waals surface area contributed by atoms with Gasteiger partial charge in [-0.25, -0.2) is 0 Å². The molecule has 3 aromatic rings. The molecule has 4 heteroatoms. The van der Waals surface area contributed by atoms with Crippen molar-refractivity contribution in [2.24, 2.45) is 0 Å². The van der Waals surface area contributed by atoms with E-state index >= 15 is 0 Å².